The summed E-state index contributed by atoms with van der Waals surface area (Å²) in [4.78, 5) is 11.5. The number of amides is 1. The summed E-state index contributed by atoms with van der Waals surface area (Å²) in [5.74, 6) is -1.49. The summed E-state index contributed by atoms with van der Waals surface area (Å²) < 4.78 is 12.8. The van der Waals surface area contributed by atoms with Gasteiger partial charge in [0.05, 0.1) is 5.56 Å². The zero-order chi connectivity index (χ0) is 12.1. The van der Waals surface area contributed by atoms with E-state index in [1.54, 1.807) is 6.92 Å². The number of aliphatic hydroxyl groups excluding tert-OH is 1. The maximum absolute atomic E-state index is 12.8. The molecule has 0 bridgehead atoms. The van der Waals surface area contributed by atoms with Crippen molar-refractivity contribution in [2.75, 3.05) is 13.2 Å². The third-order valence-electron chi connectivity index (χ3n) is 2.13. The van der Waals surface area contributed by atoms with Gasteiger partial charge in [-0.05, 0) is 24.1 Å². The van der Waals surface area contributed by atoms with Crippen molar-refractivity contribution in [2.45, 2.75) is 6.92 Å². The molecule has 1 aromatic carbocycles. The smallest absolute Gasteiger partial charge is 0.255 e. The first kappa shape index (κ1) is 12.4. The van der Waals surface area contributed by atoms with Gasteiger partial charge in [0.15, 0.2) is 0 Å². The van der Waals surface area contributed by atoms with E-state index in [0.717, 1.165) is 18.2 Å². The first-order valence-corrected chi connectivity index (χ1v) is 4.92. The Morgan fingerprint density at radius 1 is 1.56 bits per heavy atom. The SMILES string of the molecule is CC(CO)CNC(=O)c1cc(F)ccc1O. The molecule has 0 radical (unpaired) electrons. The van der Waals surface area contributed by atoms with Crippen molar-refractivity contribution >= 4 is 5.91 Å². The van der Waals surface area contributed by atoms with E-state index in [1.807, 2.05) is 0 Å². The van der Waals surface area contributed by atoms with Gasteiger partial charge in [-0.1, -0.05) is 6.92 Å². The maximum Gasteiger partial charge on any atom is 0.255 e. The van der Waals surface area contributed by atoms with E-state index in [9.17, 15) is 14.3 Å². The van der Waals surface area contributed by atoms with Crippen LogP contribution in [0.1, 0.15) is 17.3 Å². The lowest BCUT2D eigenvalue weighted by Crippen LogP contribution is -2.29. The second kappa shape index (κ2) is 5.46. The molecule has 1 amide bonds. The predicted molar refractivity (Wildman–Crippen MR) is 56.6 cm³/mol. The summed E-state index contributed by atoms with van der Waals surface area (Å²) in [5.41, 5.74) is -0.106. The Balaban J connectivity index is 2.69. The molecule has 5 heteroatoms. The van der Waals surface area contributed by atoms with Crippen LogP contribution in [0.5, 0.6) is 5.75 Å². The van der Waals surface area contributed by atoms with Crippen molar-refractivity contribution in [2.24, 2.45) is 5.92 Å². The van der Waals surface area contributed by atoms with Crippen LogP contribution in [-0.4, -0.2) is 29.3 Å². The maximum atomic E-state index is 12.8. The predicted octanol–water partition coefficient (Wildman–Crippen LogP) is 0.889. The number of aliphatic hydroxyl groups is 1. The number of nitrogens with one attached hydrogen (secondary N) is 1. The molecule has 0 aliphatic carbocycles. The lowest BCUT2D eigenvalue weighted by Gasteiger charge is -2.10. The normalized spacial score (nSPS) is 12.2. The average molecular weight is 227 g/mol. The van der Waals surface area contributed by atoms with Gasteiger partial charge >= 0.3 is 0 Å². The topological polar surface area (TPSA) is 69.6 Å². The Labute approximate surface area is 92.7 Å². The minimum atomic E-state index is -0.585. The Kier molecular flexibility index (Phi) is 4.25. The Morgan fingerprint density at radius 2 is 2.25 bits per heavy atom. The van der Waals surface area contributed by atoms with Crippen LogP contribution in [0, 0.1) is 11.7 Å². The van der Waals surface area contributed by atoms with Crippen molar-refractivity contribution in [3.63, 3.8) is 0 Å². The van der Waals surface area contributed by atoms with Gasteiger partial charge in [-0.15, -0.1) is 0 Å². The molecule has 16 heavy (non-hydrogen) atoms. The minimum absolute atomic E-state index is 0.0462. The Bertz CT molecular complexity index is 381. The highest BCUT2D eigenvalue weighted by Gasteiger charge is 2.12. The summed E-state index contributed by atoms with van der Waals surface area (Å²) in [7, 11) is 0. The second-order valence-electron chi connectivity index (χ2n) is 3.66. The van der Waals surface area contributed by atoms with E-state index >= 15 is 0 Å². The van der Waals surface area contributed by atoms with E-state index < -0.39 is 11.7 Å². The molecule has 0 fully saturated rings. The first-order chi connectivity index (χ1) is 7.54. The van der Waals surface area contributed by atoms with Crippen LogP contribution in [0.3, 0.4) is 0 Å². The molecule has 3 N–H and O–H groups in total. The summed E-state index contributed by atoms with van der Waals surface area (Å²) >= 11 is 0. The Morgan fingerprint density at radius 3 is 2.88 bits per heavy atom. The summed E-state index contributed by atoms with van der Waals surface area (Å²) in [6, 6.07) is 3.16. The van der Waals surface area contributed by atoms with Crippen LogP contribution in [0.25, 0.3) is 0 Å². The third-order valence-corrected chi connectivity index (χ3v) is 2.13. The van der Waals surface area contributed by atoms with Gasteiger partial charge < -0.3 is 15.5 Å². The molecule has 0 aliphatic rings. The highest BCUT2D eigenvalue weighted by molar-refractivity contribution is 5.96. The molecular formula is C11H14FNO3. The zero-order valence-corrected chi connectivity index (χ0v) is 8.90. The number of hydrogen-bond donors (Lipinski definition) is 3. The molecular weight excluding hydrogens is 213 g/mol. The van der Waals surface area contributed by atoms with Crippen molar-refractivity contribution < 1.29 is 19.4 Å². The van der Waals surface area contributed by atoms with E-state index in [1.165, 1.54) is 0 Å². The van der Waals surface area contributed by atoms with E-state index in [2.05, 4.69) is 5.32 Å². The molecule has 0 aromatic heterocycles. The van der Waals surface area contributed by atoms with E-state index in [-0.39, 0.29) is 30.4 Å². The van der Waals surface area contributed by atoms with E-state index in [0.29, 0.717) is 0 Å². The van der Waals surface area contributed by atoms with Crippen LogP contribution in [0.4, 0.5) is 4.39 Å². The molecule has 1 unspecified atom stereocenters. The molecule has 1 atom stereocenters. The molecule has 0 saturated carbocycles. The average Bonchev–Trinajstić information content (AvgIpc) is 2.28. The minimum Gasteiger partial charge on any atom is -0.507 e. The van der Waals surface area contributed by atoms with Crippen molar-refractivity contribution in [3.05, 3.63) is 29.6 Å². The van der Waals surface area contributed by atoms with Gasteiger partial charge in [-0.25, -0.2) is 4.39 Å². The summed E-state index contributed by atoms with van der Waals surface area (Å²) in [6.45, 7) is 1.98. The number of carbonyl (C=O) groups excluding carboxylic acids is 1. The fourth-order valence-electron chi connectivity index (χ4n) is 1.12. The molecule has 0 aliphatic heterocycles. The van der Waals surface area contributed by atoms with Gasteiger partial charge in [0.25, 0.3) is 5.91 Å². The van der Waals surface area contributed by atoms with Crippen molar-refractivity contribution in [1.29, 1.82) is 0 Å². The van der Waals surface area contributed by atoms with Gasteiger partial charge in [0, 0.05) is 13.2 Å². The number of phenolic OH excluding ortho intramolecular Hbond substituents is 1. The quantitative estimate of drug-likeness (QED) is 0.715. The lowest BCUT2D eigenvalue weighted by molar-refractivity contribution is 0.0939. The Hall–Kier alpha value is -1.62. The molecule has 1 rings (SSSR count). The van der Waals surface area contributed by atoms with Crippen LogP contribution < -0.4 is 5.32 Å². The van der Waals surface area contributed by atoms with Gasteiger partial charge in [-0.2, -0.15) is 0 Å². The highest BCUT2D eigenvalue weighted by Crippen LogP contribution is 2.17. The summed E-state index contributed by atoms with van der Waals surface area (Å²) in [5, 5.41) is 20.6. The number of rotatable bonds is 4. The molecule has 0 heterocycles. The zero-order valence-electron chi connectivity index (χ0n) is 8.90. The van der Waals surface area contributed by atoms with E-state index in [4.69, 9.17) is 5.11 Å². The number of benzene rings is 1. The number of carbonyl (C=O) groups is 1. The lowest BCUT2D eigenvalue weighted by atomic mass is 10.1. The van der Waals surface area contributed by atoms with Gasteiger partial charge in [-0.3, -0.25) is 4.79 Å². The van der Waals surface area contributed by atoms with Gasteiger partial charge in [0.1, 0.15) is 11.6 Å². The van der Waals surface area contributed by atoms with Crippen LogP contribution in [-0.2, 0) is 0 Å². The van der Waals surface area contributed by atoms with Crippen molar-refractivity contribution in [1.82, 2.24) is 5.32 Å². The number of hydrogen-bond acceptors (Lipinski definition) is 3. The molecule has 88 valence electrons. The molecule has 1 aromatic rings. The molecule has 4 nitrogen and oxygen atoms in total. The fourth-order valence-corrected chi connectivity index (χ4v) is 1.12. The number of aromatic hydroxyl groups is 1. The number of halogens is 1. The highest BCUT2D eigenvalue weighted by atomic mass is 19.1. The van der Waals surface area contributed by atoms with Crippen LogP contribution >= 0.6 is 0 Å². The molecule has 0 saturated heterocycles. The van der Waals surface area contributed by atoms with Crippen LogP contribution in [0.15, 0.2) is 18.2 Å². The standard InChI is InChI=1S/C11H14FNO3/c1-7(6-14)5-13-11(16)9-4-8(12)2-3-10(9)15/h2-4,7,14-15H,5-6H2,1H3,(H,13,16). The second-order valence-corrected chi connectivity index (χ2v) is 3.66. The summed E-state index contributed by atoms with van der Waals surface area (Å²) in [6.07, 6.45) is 0. The number of phenols is 1. The van der Waals surface area contributed by atoms with Crippen molar-refractivity contribution in [3.8, 4) is 5.75 Å². The van der Waals surface area contributed by atoms with Gasteiger partial charge in [0.2, 0.25) is 0 Å². The van der Waals surface area contributed by atoms with Crippen LogP contribution in [0.2, 0.25) is 0 Å². The third kappa shape index (κ3) is 3.20. The first-order valence-electron chi connectivity index (χ1n) is 4.92. The molecule has 0 spiro atoms. The fraction of sp³-hybridized carbons (Fsp3) is 0.364. The monoisotopic (exact) mass is 227 g/mol. The largest absolute Gasteiger partial charge is 0.507 e.